The summed E-state index contributed by atoms with van der Waals surface area (Å²) in [5.74, 6) is -1.72. The summed E-state index contributed by atoms with van der Waals surface area (Å²) in [5, 5.41) is 5.50. The predicted octanol–water partition coefficient (Wildman–Crippen LogP) is 4.61. The lowest BCUT2D eigenvalue weighted by Gasteiger charge is -2.28. The van der Waals surface area contributed by atoms with E-state index in [2.05, 4.69) is 15.6 Å². The number of aromatic nitrogens is 1. The maximum absolute atomic E-state index is 13.5. The van der Waals surface area contributed by atoms with E-state index in [4.69, 9.17) is 4.74 Å². The van der Waals surface area contributed by atoms with E-state index in [1.165, 1.54) is 13.2 Å². The Morgan fingerprint density at radius 1 is 1.00 bits per heavy atom. The number of hydrogen-bond acceptors (Lipinski definition) is 6. The van der Waals surface area contributed by atoms with Crippen LogP contribution in [0.1, 0.15) is 16.8 Å². The van der Waals surface area contributed by atoms with Gasteiger partial charge in [-0.25, -0.2) is 8.42 Å². The van der Waals surface area contributed by atoms with E-state index in [1.54, 1.807) is 36.7 Å². The van der Waals surface area contributed by atoms with E-state index < -0.39 is 44.0 Å². The molecule has 0 aliphatic heterocycles. The Hall–Kier alpha value is -4.19. The second-order valence-corrected chi connectivity index (χ2v) is 11.5. The average molecular weight is 572 g/mol. The maximum Gasteiger partial charge on any atom is 0.501 e. The minimum absolute atomic E-state index is 0.0991. The molecule has 2 amide bonds. The number of fused-ring (bicyclic) bond motifs is 2. The van der Waals surface area contributed by atoms with E-state index >= 15 is 0 Å². The highest BCUT2D eigenvalue weighted by Crippen LogP contribution is 2.44. The number of nitrogens with zero attached hydrogens (tertiary/aromatic N) is 1. The zero-order chi connectivity index (χ0) is 28.7. The molecule has 0 spiro atoms. The first kappa shape index (κ1) is 27.4. The van der Waals surface area contributed by atoms with E-state index in [9.17, 15) is 31.2 Å². The Kier molecular flexibility index (Phi) is 7.13. The van der Waals surface area contributed by atoms with Gasteiger partial charge in [0.05, 0.1) is 23.5 Å². The molecule has 2 aliphatic carbocycles. The number of amides is 2. The average Bonchev–Trinajstić information content (AvgIpc) is 3.55. The van der Waals surface area contributed by atoms with Crippen LogP contribution in [-0.4, -0.2) is 43.9 Å². The summed E-state index contributed by atoms with van der Waals surface area (Å²) in [6.45, 7) is 0. The number of anilines is 1. The normalized spacial score (nSPS) is 21.7. The van der Waals surface area contributed by atoms with Crippen molar-refractivity contribution in [3.63, 3.8) is 0 Å². The monoisotopic (exact) mass is 571 g/mol. The van der Waals surface area contributed by atoms with Crippen molar-refractivity contribution in [2.24, 2.45) is 17.8 Å². The Morgan fingerprint density at radius 2 is 1.77 bits per heavy atom. The van der Waals surface area contributed by atoms with Gasteiger partial charge in [0.2, 0.25) is 5.91 Å². The fraction of sp³-hybridized carbons (Fsp3) is 0.250. The number of rotatable bonds is 7. The molecule has 0 radical (unpaired) electrons. The highest BCUT2D eigenvalue weighted by atomic mass is 32.2. The summed E-state index contributed by atoms with van der Waals surface area (Å²) < 4.78 is 68.1. The molecule has 4 atom stereocenters. The zero-order valence-electron chi connectivity index (χ0n) is 21.1. The van der Waals surface area contributed by atoms with Gasteiger partial charge in [0.1, 0.15) is 5.75 Å². The number of methoxy groups -OCH3 is 1. The summed E-state index contributed by atoms with van der Waals surface area (Å²) in [6.07, 6.45) is 7.73. The van der Waals surface area contributed by atoms with E-state index in [0.717, 1.165) is 29.3 Å². The summed E-state index contributed by atoms with van der Waals surface area (Å²) in [7, 11) is -4.14. The molecule has 1 aromatic heterocycles. The van der Waals surface area contributed by atoms with Crippen molar-refractivity contribution in [3.05, 3.63) is 84.7 Å². The van der Waals surface area contributed by atoms with Crippen molar-refractivity contribution in [1.82, 2.24) is 10.3 Å². The van der Waals surface area contributed by atoms with Crippen LogP contribution in [0.3, 0.4) is 0 Å². The second kappa shape index (κ2) is 10.4. The molecule has 0 unspecified atom stereocenters. The van der Waals surface area contributed by atoms with Crippen LogP contribution in [0, 0.1) is 17.8 Å². The molecule has 208 valence electrons. The molecule has 1 heterocycles. The van der Waals surface area contributed by atoms with Crippen molar-refractivity contribution in [3.8, 4) is 16.9 Å². The highest BCUT2D eigenvalue weighted by Gasteiger charge is 2.49. The Morgan fingerprint density at radius 3 is 2.48 bits per heavy atom. The largest absolute Gasteiger partial charge is 0.501 e. The lowest BCUT2D eigenvalue weighted by molar-refractivity contribution is -0.121. The van der Waals surface area contributed by atoms with Gasteiger partial charge in [-0.2, -0.15) is 13.2 Å². The molecule has 8 nitrogen and oxygen atoms in total. The van der Waals surface area contributed by atoms with E-state index in [-0.39, 0.29) is 23.1 Å². The number of allylic oxidation sites excluding steroid dienone is 1. The fourth-order valence-corrected chi connectivity index (χ4v) is 6.11. The number of sulfone groups is 1. The van der Waals surface area contributed by atoms with Crippen LogP contribution < -0.4 is 15.4 Å². The number of pyridine rings is 1. The van der Waals surface area contributed by atoms with Crippen molar-refractivity contribution >= 4 is 27.3 Å². The number of alkyl halides is 3. The molecule has 2 aliphatic rings. The first-order valence-corrected chi connectivity index (χ1v) is 13.8. The van der Waals surface area contributed by atoms with Gasteiger partial charge in [0, 0.05) is 29.7 Å². The molecule has 2 bridgehead atoms. The third-order valence-electron chi connectivity index (χ3n) is 7.22. The van der Waals surface area contributed by atoms with E-state index in [0.29, 0.717) is 12.2 Å². The van der Waals surface area contributed by atoms with Gasteiger partial charge < -0.3 is 15.4 Å². The van der Waals surface area contributed by atoms with Crippen LogP contribution in [0.2, 0.25) is 0 Å². The third kappa shape index (κ3) is 5.06. The van der Waals surface area contributed by atoms with E-state index in [1.807, 2.05) is 18.2 Å². The smallest absolute Gasteiger partial charge is 0.496 e. The summed E-state index contributed by atoms with van der Waals surface area (Å²) in [5.41, 5.74) is -3.77. The second-order valence-electron chi connectivity index (χ2n) is 9.60. The number of carbonyl (C=O) groups is 2. The van der Waals surface area contributed by atoms with Crippen molar-refractivity contribution < 1.29 is 35.9 Å². The number of halogens is 3. The van der Waals surface area contributed by atoms with Crippen LogP contribution in [0.4, 0.5) is 18.9 Å². The van der Waals surface area contributed by atoms with Gasteiger partial charge in [0.15, 0.2) is 0 Å². The topological polar surface area (TPSA) is 114 Å². The number of ether oxygens (including phenoxy) is 1. The minimum Gasteiger partial charge on any atom is -0.496 e. The number of nitrogens with one attached hydrogen (secondary N) is 2. The number of hydrogen-bond donors (Lipinski definition) is 2. The van der Waals surface area contributed by atoms with Gasteiger partial charge >= 0.3 is 5.51 Å². The summed E-state index contributed by atoms with van der Waals surface area (Å²) >= 11 is 0. The van der Waals surface area contributed by atoms with Gasteiger partial charge in [0.25, 0.3) is 15.7 Å². The van der Waals surface area contributed by atoms with Gasteiger partial charge in [-0.3, -0.25) is 14.6 Å². The molecular weight excluding hydrogens is 547 g/mol. The summed E-state index contributed by atoms with van der Waals surface area (Å²) in [6, 6.07) is 12.2. The Balaban J connectivity index is 1.38. The number of carbonyl (C=O) groups excluding carboxylic acids is 2. The third-order valence-corrected chi connectivity index (χ3v) is 8.70. The molecular formula is C28H24F3N3O5S. The van der Waals surface area contributed by atoms with Crippen molar-refractivity contribution in [2.75, 3.05) is 12.4 Å². The van der Waals surface area contributed by atoms with Crippen LogP contribution in [0.25, 0.3) is 11.1 Å². The quantitative estimate of drug-likeness (QED) is 0.401. The molecule has 12 heteroatoms. The van der Waals surface area contributed by atoms with Crippen LogP contribution >= 0.6 is 0 Å². The molecule has 2 N–H and O–H groups in total. The molecule has 1 fully saturated rings. The minimum atomic E-state index is -5.59. The standard InChI is InChI=1S/C28H24F3N3O5S/c1-39-23-10-9-16(19-4-3-11-32-15-19)13-22(23)26(35)34-25-18-8-7-17(12-18)24(25)27(36)33-20-5-2-6-21(14-20)40(37,38)28(29,30)31/h2-11,13-15,17-18,24-25H,12H2,1H3,(H,33,36)(H,34,35)/t17-,18+,24+,25-/m0/s1. The SMILES string of the molecule is COc1ccc(-c2cccnc2)cc1C(=O)N[C@@H]1[C@H](C(=O)Nc2cccc(S(=O)(=O)C(F)(F)F)c2)[C@H]2C=C[C@@H]1C2. The van der Waals surface area contributed by atoms with Crippen molar-refractivity contribution in [2.45, 2.75) is 22.9 Å². The lowest BCUT2D eigenvalue weighted by Crippen LogP contribution is -2.47. The Bertz CT molecular complexity index is 1590. The first-order valence-electron chi connectivity index (χ1n) is 12.3. The van der Waals surface area contributed by atoms with Crippen LogP contribution in [0.15, 0.2) is 84.0 Å². The van der Waals surface area contributed by atoms with Gasteiger partial charge in [-0.15, -0.1) is 0 Å². The molecule has 1 saturated carbocycles. The molecule has 40 heavy (non-hydrogen) atoms. The molecule has 3 aromatic rings. The van der Waals surface area contributed by atoms with Gasteiger partial charge in [-0.1, -0.05) is 30.4 Å². The molecule has 0 saturated heterocycles. The molecule has 2 aromatic carbocycles. The lowest BCUT2D eigenvalue weighted by atomic mass is 9.87. The van der Waals surface area contributed by atoms with Crippen molar-refractivity contribution in [1.29, 1.82) is 0 Å². The first-order chi connectivity index (χ1) is 19.0. The highest BCUT2D eigenvalue weighted by molar-refractivity contribution is 7.92. The van der Waals surface area contributed by atoms with Crippen LogP contribution in [-0.2, 0) is 14.6 Å². The Labute approximate surface area is 228 Å². The number of benzene rings is 2. The van der Waals surface area contributed by atoms with Crippen LogP contribution in [0.5, 0.6) is 5.75 Å². The summed E-state index contributed by atoms with van der Waals surface area (Å²) in [4.78, 5) is 30.0. The molecule has 5 rings (SSSR count). The maximum atomic E-state index is 13.5. The zero-order valence-corrected chi connectivity index (χ0v) is 21.9. The fourth-order valence-electron chi connectivity index (χ4n) is 5.30. The predicted molar refractivity (Wildman–Crippen MR) is 140 cm³/mol. The van der Waals surface area contributed by atoms with Gasteiger partial charge in [-0.05, 0) is 60.2 Å².